The van der Waals surface area contributed by atoms with Gasteiger partial charge in [0.2, 0.25) is 0 Å². The third-order valence-electron chi connectivity index (χ3n) is 6.92. The molecule has 0 aromatic carbocycles. The van der Waals surface area contributed by atoms with Crippen LogP contribution in [0, 0.1) is 6.92 Å². The van der Waals surface area contributed by atoms with Gasteiger partial charge >= 0.3 is 0 Å². The summed E-state index contributed by atoms with van der Waals surface area (Å²) in [6, 6.07) is 1.16. The molecule has 2 fully saturated rings. The highest BCUT2D eigenvalue weighted by molar-refractivity contribution is 5.87. The SMILES string of the molecule is C=CC.CCN/C(CC)=C(/C)F.Cc1nn(C2CCC(N3CCN(C)CC3)CC2)c2ncnc(N)c12. The van der Waals surface area contributed by atoms with Crippen LogP contribution in [0.5, 0.6) is 0 Å². The Morgan fingerprint density at radius 2 is 1.72 bits per heavy atom. The van der Waals surface area contributed by atoms with E-state index in [1.54, 1.807) is 12.4 Å². The molecular weight excluding hydrogens is 455 g/mol. The Balaban J connectivity index is 0.000000322. The first-order chi connectivity index (χ1) is 17.3. The topological polar surface area (TPSA) is 88.1 Å². The molecular formula is C27H47FN8. The van der Waals surface area contributed by atoms with Crippen molar-refractivity contribution in [1.29, 1.82) is 0 Å². The van der Waals surface area contributed by atoms with Crippen molar-refractivity contribution < 1.29 is 4.39 Å². The van der Waals surface area contributed by atoms with E-state index in [0.29, 0.717) is 11.9 Å². The molecule has 9 heteroatoms. The van der Waals surface area contributed by atoms with Crippen molar-refractivity contribution in [2.24, 2.45) is 0 Å². The fourth-order valence-corrected chi connectivity index (χ4v) is 4.98. The fraction of sp³-hybridized carbons (Fsp3) is 0.667. The van der Waals surface area contributed by atoms with Crippen molar-refractivity contribution in [2.75, 3.05) is 45.5 Å². The molecule has 0 atom stereocenters. The molecule has 0 bridgehead atoms. The molecule has 1 aliphatic heterocycles. The zero-order chi connectivity index (χ0) is 26.7. The number of anilines is 1. The molecule has 1 aliphatic carbocycles. The Hall–Kier alpha value is -2.52. The summed E-state index contributed by atoms with van der Waals surface area (Å²) < 4.78 is 14.5. The molecule has 4 rings (SSSR count). The lowest BCUT2D eigenvalue weighted by molar-refractivity contribution is 0.0815. The van der Waals surface area contributed by atoms with Crippen LogP contribution < -0.4 is 11.1 Å². The first kappa shape index (κ1) is 29.7. The zero-order valence-electron chi connectivity index (χ0n) is 23.2. The molecule has 202 valence electrons. The standard InChI is InChI=1S/C17H27N7.C7H14FN.C3H6/c1-12-15-16(18)19-11-20-17(15)24(21-12)14-5-3-13(4-6-14)23-9-7-22(2)8-10-23;1-4-7(6(3)8)9-5-2;1-3-2/h11,13-14H,3-10H2,1-2H3,(H2,18,19,20);9H,4-5H2,1-3H3;3H,1H2,2H3/b;7-6-;. The van der Waals surface area contributed by atoms with E-state index in [2.05, 4.69) is 43.4 Å². The molecule has 0 unspecified atom stereocenters. The number of hydrogen-bond donors (Lipinski definition) is 2. The lowest BCUT2D eigenvalue weighted by atomic mass is 9.90. The van der Waals surface area contributed by atoms with Gasteiger partial charge in [-0.1, -0.05) is 13.0 Å². The largest absolute Gasteiger partial charge is 0.387 e. The van der Waals surface area contributed by atoms with Crippen LogP contribution in [-0.4, -0.2) is 75.4 Å². The van der Waals surface area contributed by atoms with Gasteiger partial charge in [-0.25, -0.2) is 19.0 Å². The Labute approximate surface area is 216 Å². The average molecular weight is 503 g/mol. The number of nitrogen functional groups attached to an aromatic ring is 1. The molecule has 1 saturated carbocycles. The number of likely N-dealkylation sites (N-methyl/N-ethyl adjacent to an activating group) is 1. The first-order valence-corrected chi connectivity index (χ1v) is 13.3. The van der Waals surface area contributed by atoms with E-state index in [9.17, 15) is 4.39 Å². The summed E-state index contributed by atoms with van der Waals surface area (Å²) in [7, 11) is 2.22. The van der Waals surface area contributed by atoms with Gasteiger partial charge in [0.05, 0.1) is 17.1 Å². The summed E-state index contributed by atoms with van der Waals surface area (Å²) >= 11 is 0. The monoisotopic (exact) mass is 502 g/mol. The molecule has 2 aromatic heterocycles. The summed E-state index contributed by atoms with van der Waals surface area (Å²) in [5.41, 5.74) is 8.56. The highest BCUT2D eigenvalue weighted by Crippen LogP contribution is 2.34. The van der Waals surface area contributed by atoms with Crippen LogP contribution in [0.4, 0.5) is 10.2 Å². The number of fused-ring (bicyclic) bond motifs is 1. The molecule has 0 spiro atoms. The summed E-state index contributed by atoms with van der Waals surface area (Å²) in [6.45, 7) is 18.2. The van der Waals surface area contributed by atoms with Crippen LogP contribution in [0.1, 0.15) is 71.5 Å². The third-order valence-corrected chi connectivity index (χ3v) is 6.92. The van der Waals surface area contributed by atoms with E-state index in [1.165, 1.54) is 45.9 Å². The van der Waals surface area contributed by atoms with Crippen molar-refractivity contribution in [3.8, 4) is 0 Å². The number of allylic oxidation sites excluding steroid dienone is 3. The van der Waals surface area contributed by atoms with Crippen LogP contribution in [0.15, 0.2) is 30.5 Å². The summed E-state index contributed by atoms with van der Waals surface area (Å²) in [6.07, 6.45) is 8.86. The highest BCUT2D eigenvalue weighted by atomic mass is 19.1. The maximum atomic E-state index is 12.4. The Morgan fingerprint density at radius 1 is 1.14 bits per heavy atom. The molecule has 2 aliphatic rings. The first-order valence-electron chi connectivity index (χ1n) is 13.3. The van der Waals surface area contributed by atoms with E-state index >= 15 is 0 Å². The molecule has 1 saturated heterocycles. The average Bonchev–Trinajstić information content (AvgIpc) is 3.21. The second-order valence-corrected chi connectivity index (χ2v) is 9.59. The van der Waals surface area contributed by atoms with Gasteiger partial charge in [-0.3, -0.25) is 4.90 Å². The summed E-state index contributed by atoms with van der Waals surface area (Å²) in [5, 5.41) is 8.59. The lowest BCUT2D eigenvalue weighted by Crippen LogP contribution is -2.49. The number of rotatable bonds is 5. The molecule has 8 nitrogen and oxygen atoms in total. The fourth-order valence-electron chi connectivity index (χ4n) is 4.98. The maximum Gasteiger partial charge on any atom is 0.163 e. The summed E-state index contributed by atoms with van der Waals surface area (Å²) in [5.74, 6) is 0.439. The molecule has 0 amide bonds. The van der Waals surface area contributed by atoms with Gasteiger partial charge < -0.3 is 16.0 Å². The van der Waals surface area contributed by atoms with Gasteiger partial charge in [0.25, 0.3) is 0 Å². The van der Waals surface area contributed by atoms with E-state index in [1.807, 2.05) is 27.7 Å². The van der Waals surface area contributed by atoms with Gasteiger partial charge in [0.15, 0.2) is 5.65 Å². The van der Waals surface area contributed by atoms with Gasteiger partial charge in [0.1, 0.15) is 18.0 Å². The minimum absolute atomic E-state index is 0.0978. The van der Waals surface area contributed by atoms with Crippen LogP contribution in [0.25, 0.3) is 11.0 Å². The number of piperazine rings is 1. The van der Waals surface area contributed by atoms with Crippen LogP contribution in [0.2, 0.25) is 0 Å². The predicted octanol–water partition coefficient (Wildman–Crippen LogP) is 4.85. The molecule has 0 radical (unpaired) electrons. The van der Waals surface area contributed by atoms with Crippen LogP contribution >= 0.6 is 0 Å². The minimum Gasteiger partial charge on any atom is -0.387 e. The maximum absolute atomic E-state index is 12.4. The minimum atomic E-state index is -0.0978. The highest BCUT2D eigenvalue weighted by Gasteiger charge is 2.30. The lowest BCUT2D eigenvalue weighted by Gasteiger charge is -2.41. The number of nitrogens with one attached hydrogen (secondary N) is 1. The van der Waals surface area contributed by atoms with Crippen LogP contribution in [-0.2, 0) is 0 Å². The number of nitrogens with two attached hydrogens (primary N) is 1. The Morgan fingerprint density at radius 3 is 2.22 bits per heavy atom. The smallest absolute Gasteiger partial charge is 0.163 e. The third kappa shape index (κ3) is 8.00. The second-order valence-electron chi connectivity index (χ2n) is 9.59. The van der Waals surface area contributed by atoms with Crippen molar-refractivity contribution >= 4 is 16.9 Å². The van der Waals surface area contributed by atoms with Crippen molar-refractivity contribution in [3.63, 3.8) is 0 Å². The van der Waals surface area contributed by atoms with E-state index in [0.717, 1.165) is 54.3 Å². The number of nitrogens with zero attached hydrogens (tertiary/aromatic N) is 6. The normalized spacial score (nSPS) is 21.5. The molecule has 3 heterocycles. The molecule has 36 heavy (non-hydrogen) atoms. The van der Waals surface area contributed by atoms with E-state index in [-0.39, 0.29) is 5.83 Å². The van der Waals surface area contributed by atoms with Gasteiger partial charge in [-0.05, 0) is 66.8 Å². The number of hydrogen-bond acceptors (Lipinski definition) is 7. The van der Waals surface area contributed by atoms with Crippen molar-refractivity contribution in [3.05, 3.63) is 36.2 Å². The van der Waals surface area contributed by atoms with Gasteiger partial charge in [-0.2, -0.15) is 5.10 Å². The van der Waals surface area contributed by atoms with Gasteiger partial charge in [-0.15, -0.1) is 6.58 Å². The Kier molecular flexibility index (Phi) is 12.3. The quantitative estimate of drug-likeness (QED) is 0.565. The van der Waals surface area contributed by atoms with Crippen LogP contribution in [0.3, 0.4) is 0 Å². The number of aromatic nitrogens is 4. The number of aryl methyl sites for hydroxylation is 1. The molecule has 2 aromatic rings. The second kappa shape index (κ2) is 14.9. The van der Waals surface area contributed by atoms with E-state index in [4.69, 9.17) is 10.8 Å². The van der Waals surface area contributed by atoms with Gasteiger partial charge in [0, 0.05) is 44.5 Å². The van der Waals surface area contributed by atoms with E-state index < -0.39 is 0 Å². The van der Waals surface area contributed by atoms with Crippen molar-refractivity contribution in [1.82, 2.24) is 34.9 Å². The summed E-state index contributed by atoms with van der Waals surface area (Å²) in [4.78, 5) is 13.7. The molecule has 3 N–H and O–H groups in total. The Bertz CT molecular complexity index is 966. The zero-order valence-corrected chi connectivity index (χ0v) is 23.2. The van der Waals surface area contributed by atoms with Crippen molar-refractivity contribution in [2.45, 2.75) is 78.8 Å². The predicted molar refractivity (Wildman–Crippen MR) is 148 cm³/mol. The number of halogens is 1.